The van der Waals surface area contributed by atoms with Crippen LogP contribution in [0.15, 0.2) is 24.3 Å². The Labute approximate surface area is 125 Å². The summed E-state index contributed by atoms with van der Waals surface area (Å²) < 4.78 is 36.3. The molecule has 1 aromatic heterocycles. The Morgan fingerprint density at radius 3 is 2.55 bits per heavy atom. The number of ether oxygens (including phenoxy) is 2. The fourth-order valence-corrected chi connectivity index (χ4v) is 1.87. The first-order chi connectivity index (χ1) is 10.5. The first-order valence-corrected chi connectivity index (χ1v) is 6.32. The van der Waals surface area contributed by atoms with Gasteiger partial charge in [-0.3, -0.25) is 0 Å². The monoisotopic (exact) mass is 308 g/mol. The molecule has 5 nitrogen and oxygen atoms in total. The number of aryl methyl sites for hydroxylation is 1. The van der Waals surface area contributed by atoms with E-state index in [4.69, 9.17) is 4.74 Å². The molecule has 22 heavy (non-hydrogen) atoms. The number of halogens is 2. The summed E-state index contributed by atoms with van der Waals surface area (Å²) in [5, 5.41) is 2.86. The van der Waals surface area contributed by atoms with Crippen LogP contribution in [0.1, 0.15) is 15.9 Å². The van der Waals surface area contributed by atoms with Gasteiger partial charge in [-0.2, -0.15) is 4.98 Å². The van der Waals surface area contributed by atoms with Gasteiger partial charge < -0.3 is 14.8 Å². The van der Waals surface area contributed by atoms with E-state index in [2.05, 4.69) is 15.0 Å². The number of benzene rings is 1. The number of hydrogen-bond donors (Lipinski definition) is 1. The first kappa shape index (κ1) is 15.7. The summed E-state index contributed by atoms with van der Waals surface area (Å²) in [6.45, 7) is 1.68. The molecule has 0 amide bonds. The zero-order chi connectivity index (χ0) is 16.3. The summed E-state index contributed by atoms with van der Waals surface area (Å²) in [4.78, 5) is 15.7. The van der Waals surface area contributed by atoms with Gasteiger partial charge in [-0.1, -0.05) is 0 Å². The van der Waals surface area contributed by atoms with Crippen LogP contribution in [0, 0.1) is 18.6 Å². The summed E-state index contributed by atoms with van der Waals surface area (Å²) >= 11 is 0. The summed E-state index contributed by atoms with van der Waals surface area (Å²) in [6.07, 6.45) is 0. The van der Waals surface area contributed by atoms with Crippen molar-refractivity contribution in [3.8, 4) is 5.88 Å². The van der Waals surface area contributed by atoms with Crippen LogP contribution in [-0.2, 0) is 4.74 Å². The highest BCUT2D eigenvalue weighted by Crippen LogP contribution is 2.27. The van der Waals surface area contributed by atoms with Crippen LogP contribution in [0.4, 0.5) is 20.3 Å². The van der Waals surface area contributed by atoms with Crippen molar-refractivity contribution in [1.29, 1.82) is 0 Å². The molecule has 2 rings (SSSR count). The van der Waals surface area contributed by atoms with Crippen LogP contribution in [0.2, 0.25) is 0 Å². The molecule has 1 heterocycles. The molecule has 0 fully saturated rings. The highest BCUT2D eigenvalue weighted by atomic mass is 19.1. The first-order valence-electron chi connectivity index (χ1n) is 6.32. The topological polar surface area (TPSA) is 60.5 Å². The molecule has 0 aliphatic carbocycles. The third kappa shape index (κ3) is 3.13. The Balaban J connectivity index is 2.50. The second-order valence-electron chi connectivity index (χ2n) is 4.45. The van der Waals surface area contributed by atoms with E-state index in [-0.39, 0.29) is 23.1 Å². The molecule has 0 saturated carbocycles. The summed E-state index contributed by atoms with van der Waals surface area (Å²) in [5.41, 5.74) is 1.03. The fraction of sp³-hybridized carbons (Fsp3) is 0.200. The number of anilines is 2. The lowest BCUT2D eigenvalue weighted by atomic mass is 10.2. The van der Waals surface area contributed by atoms with Crippen molar-refractivity contribution in [3.63, 3.8) is 0 Å². The third-order valence-electron chi connectivity index (χ3n) is 2.98. The fourth-order valence-electron chi connectivity index (χ4n) is 1.87. The van der Waals surface area contributed by atoms with E-state index >= 15 is 0 Å². The number of carbonyl (C=O) groups excluding carboxylic acids is 1. The average molecular weight is 308 g/mol. The maximum absolute atomic E-state index is 13.7. The van der Waals surface area contributed by atoms with Gasteiger partial charge in [0.15, 0.2) is 5.82 Å². The SMILES string of the molecule is COC(=O)c1cc(F)c(OC)nc1Nc1ccc(F)cc1C. The molecule has 0 aliphatic rings. The van der Waals surface area contributed by atoms with E-state index < -0.39 is 11.8 Å². The number of hydrogen-bond acceptors (Lipinski definition) is 5. The zero-order valence-corrected chi connectivity index (χ0v) is 12.2. The molecule has 0 unspecified atom stereocenters. The lowest BCUT2D eigenvalue weighted by Gasteiger charge is -2.13. The summed E-state index contributed by atoms with van der Waals surface area (Å²) in [7, 11) is 2.44. The van der Waals surface area contributed by atoms with E-state index in [1.165, 1.54) is 32.4 Å². The molecule has 1 N–H and O–H groups in total. The predicted molar refractivity (Wildman–Crippen MR) is 76.5 cm³/mol. The van der Waals surface area contributed by atoms with Gasteiger partial charge in [0.2, 0.25) is 0 Å². The number of esters is 1. The quantitative estimate of drug-likeness (QED) is 0.879. The van der Waals surface area contributed by atoms with Gasteiger partial charge in [0.25, 0.3) is 5.88 Å². The minimum absolute atomic E-state index is 0.0554. The smallest absolute Gasteiger partial charge is 0.341 e. The maximum Gasteiger partial charge on any atom is 0.341 e. The molecule has 116 valence electrons. The van der Waals surface area contributed by atoms with Crippen molar-refractivity contribution in [1.82, 2.24) is 4.98 Å². The minimum Gasteiger partial charge on any atom is -0.479 e. The largest absolute Gasteiger partial charge is 0.479 e. The second kappa shape index (κ2) is 6.38. The van der Waals surface area contributed by atoms with E-state index in [9.17, 15) is 13.6 Å². The van der Waals surface area contributed by atoms with Crippen LogP contribution in [-0.4, -0.2) is 25.2 Å². The van der Waals surface area contributed by atoms with Crippen LogP contribution < -0.4 is 10.1 Å². The maximum atomic E-state index is 13.7. The van der Waals surface area contributed by atoms with Crippen molar-refractivity contribution in [2.45, 2.75) is 6.92 Å². The number of methoxy groups -OCH3 is 2. The van der Waals surface area contributed by atoms with Crippen LogP contribution in [0.5, 0.6) is 5.88 Å². The summed E-state index contributed by atoms with van der Waals surface area (Å²) in [6, 6.07) is 5.04. The van der Waals surface area contributed by atoms with Gasteiger partial charge >= 0.3 is 5.97 Å². The molecular weight excluding hydrogens is 294 g/mol. The lowest BCUT2D eigenvalue weighted by Crippen LogP contribution is -2.10. The van der Waals surface area contributed by atoms with Crippen molar-refractivity contribution in [2.75, 3.05) is 19.5 Å². The van der Waals surface area contributed by atoms with Crippen molar-refractivity contribution in [3.05, 3.63) is 47.0 Å². The number of aromatic nitrogens is 1. The molecule has 0 bridgehead atoms. The highest BCUT2D eigenvalue weighted by Gasteiger charge is 2.19. The van der Waals surface area contributed by atoms with E-state index in [0.29, 0.717) is 11.3 Å². The van der Waals surface area contributed by atoms with Crippen molar-refractivity contribution < 1.29 is 23.0 Å². The molecule has 7 heteroatoms. The number of nitrogens with one attached hydrogen (secondary N) is 1. The predicted octanol–water partition coefficient (Wildman–Crippen LogP) is 3.21. The van der Waals surface area contributed by atoms with Gasteiger partial charge in [0.1, 0.15) is 17.2 Å². The Hall–Kier alpha value is -2.70. The standard InChI is InChI=1S/C15H14F2N2O3/c1-8-6-9(16)4-5-12(8)18-13-10(15(20)22-3)7-11(17)14(19-13)21-2/h4-7H,1-3H3,(H,18,19). The molecule has 0 saturated heterocycles. The van der Waals surface area contributed by atoms with Crippen molar-refractivity contribution in [2.24, 2.45) is 0 Å². The molecule has 2 aromatic rings. The van der Waals surface area contributed by atoms with E-state index in [1.807, 2.05) is 0 Å². The van der Waals surface area contributed by atoms with Gasteiger partial charge in [-0.05, 0) is 36.8 Å². The van der Waals surface area contributed by atoms with Gasteiger partial charge in [0.05, 0.1) is 14.2 Å². The number of nitrogens with zero attached hydrogens (tertiary/aromatic N) is 1. The third-order valence-corrected chi connectivity index (χ3v) is 2.98. The zero-order valence-electron chi connectivity index (χ0n) is 12.2. The van der Waals surface area contributed by atoms with Gasteiger partial charge in [0, 0.05) is 5.69 Å². The number of carbonyl (C=O) groups is 1. The van der Waals surface area contributed by atoms with E-state index in [1.54, 1.807) is 6.92 Å². The van der Waals surface area contributed by atoms with E-state index in [0.717, 1.165) is 6.07 Å². The van der Waals surface area contributed by atoms with Crippen LogP contribution >= 0.6 is 0 Å². The van der Waals surface area contributed by atoms with Gasteiger partial charge in [-0.25, -0.2) is 13.6 Å². The molecule has 0 atom stereocenters. The van der Waals surface area contributed by atoms with Gasteiger partial charge in [-0.15, -0.1) is 0 Å². The summed E-state index contributed by atoms with van der Waals surface area (Å²) in [5.74, 6) is -2.14. The molecular formula is C15H14F2N2O3. The Bertz CT molecular complexity index is 720. The lowest BCUT2D eigenvalue weighted by molar-refractivity contribution is 0.0601. The molecule has 1 aromatic carbocycles. The Kier molecular flexibility index (Phi) is 4.55. The molecule has 0 aliphatic heterocycles. The number of pyridine rings is 1. The second-order valence-corrected chi connectivity index (χ2v) is 4.45. The highest BCUT2D eigenvalue weighted by molar-refractivity contribution is 5.95. The number of rotatable bonds is 4. The molecule has 0 radical (unpaired) electrons. The van der Waals surface area contributed by atoms with Crippen LogP contribution in [0.25, 0.3) is 0 Å². The average Bonchev–Trinajstić information content (AvgIpc) is 2.50. The normalized spacial score (nSPS) is 10.2. The van der Waals surface area contributed by atoms with Crippen LogP contribution in [0.3, 0.4) is 0 Å². The van der Waals surface area contributed by atoms with Crippen molar-refractivity contribution >= 4 is 17.5 Å². The Morgan fingerprint density at radius 1 is 1.23 bits per heavy atom. The molecule has 0 spiro atoms. The Morgan fingerprint density at radius 2 is 1.95 bits per heavy atom. The minimum atomic E-state index is -0.788.